The number of carbonyl (C=O) groups is 4. The summed E-state index contributed by atoms with van der Waals surface area (Å²) in [5.74, 6) is -3.18. The highest BCUT2D eigenvalue weighted by molar-refractivity contribution is 5.67. The van der Waals surface area contributed by atoms with Crippen LogP contribution >= 0.6 is 0 Å². The molecule has 0 aromatic rings. The molecule has 0 aliphatic carbocycles. The van der Waals surface area contributed by atoms with Crippen molar-refractivity contribution in [2.45, 2.75) is 52.1 Å². The van der Waals surface area contributed by atoms with Gasteiger partial charge in [-0.3, -0.25) is 19.2 Å². The van der Waals surface area contributed by atoms with E-state index in [0.29, 0.717) is 0 Å². The summed E-state index contributed by atoms with van der Waals surface area (Å²) in [4.78, 5) is 45.4. The third-order valence-electron chi connectivity index (χ3n) is 2.84. The SMILES string of the molecule is [2H]CO[C@@H]([C@H](OC[2H])[C@@H](COC(C)=O)OC(C)=O)[C@H](OC(C)=O)C([2H])OC(C)=O. The Balaban J connectivity index is 6.03. The molecule has 0 saturated heterocycles. The van der Waals surface area contributed by atoms with Crippen LogP contribution in [0.5, 0.6) is 0 Å². The van der Waals surface area contributed by atoms with Gasteiger partial charge in [0.05, 0.1) is 4.11 Å². The molecule has 10 nitrogen and oxygen atoms in total. The maximum absolute atomic E-state index is 11.5. The van der Waals surface area contributed by atoms with Crippen molar-refractivity contribution in [1.29, 1.82) is 0 Å². The van der Waals surface area contributed by atoms with Gasteiger partial charge in [-0.2, -0.15) is 0 Å². The Bertz CT molecular complexity index is 559. The van der Waals surface area contributed by atoms with Crippen molar-refractivity contribution in [3.63, 3.8) is 0 Å². The van der Waals surface area contributed by atoms with E-state index in [0.717, 1.165) is 27.7 Å². The fraction of sp³-hybridized carbons (Fsp3) is 0.750. The molecule has 150 valence electrons. The summed E-state index contributed by atoms with van der Waals surface area (Å²) in [6, 6.07) is 0. The minimum absolute atomic E-state index is 0.500. The van der Waals surface area contributed by atoms with Gasteiger partial charge in [0.15, 0.2) is 12.2 Å². The van der Waals surface area contributed by atoms with Crippen molar-refractivity contribution >= 4 is 23.9 Å². The molecule has 0 bridgehead atoms. The predicted molar refractivity (Wildman–Crippen MR) is 86.0 cm³/mol. The van der Waals surface area contributed by atoms with E-state index in [-0.39, 0.29) is 0 Å². The van der Waals surface area contributed by atoms with Gasteiger partial charge in [0.25, 0.3) is 0 Å². The topological polar surface area (TPSA) is 124 Å². The zero-order chi connectivity index (χ0) is 22.6. The number of ether oxygens (including phenoxy) is 6. The van der Waals surface area contributed by atoms with E-state index in [1.807, 2.05) is 0 Å². The summed E-state index contributed by atoms with van der Waals surface area (Å²) in [6.07, 6.45) is -5.83. The Labute approximate surface area is 156 Å². The first-order valence-electron chi connectivity index (χ1n) is 9.41. The molecular weight excluding hydrogens is 352 g/mol. The molecule has 26 heavy (non-hydrogen) atoms. The minimum atomic E-state index is -1.78. The molecular formula is C16H26O10. The van der Waals surface area contributed by atoms with Crippen LogP contribution in [0.25, 0.3) is 0 Å². The molecule has 0 radical (unpaired) electrons. The molecule has 5 atom stereocenters. The monoisotopic (exact) mass is 381 g/mol. The molecule has 0 aliphatic rings. The van der Waals surface area contributed by atoms with E-state index in [4.69, 9.17) is 32.5 Å². The standard InChI is InChI=1S/C16H26O10/c1-9(17)23-7-13(25-11(3)19)15(21-5)16(22-6)14(26-12(4)20)8-24-10(2)18/h13-16H,7-8H2,1-6H3/t13-,14-,15-,16-/m1/s1/i5D,6D,7D/t7?,13-,14-,15-,16-. The lowest BCUT2D eigenvalue weighted by Crippen LogP contribution is -2.52. The van der Waals surface area contributed by atoms with Crippen LogP contribution in [0.1, 0.15) is 31.8 Å². The van der Waals surface area contributed by atoms with Gasteiger partial charge in [-0.05, 0) is 0 Å². The van der Waals surface area contributed by atoms with Crippen LogP contribution < -0.4 is 0 Å². The average molecular weight is 381 g/mol. The number of methoxy groups -OCH3 is 2. The van der Waals surface area contributed by atoms with Crippen LogP contribution in [0.2, 0.25) is 0 Å². The molecule has 0 heterocycles. The normalized spacial score (nSPS) is 17.9. The van der Waals surface area contributed by atoms with E-state index < -0.39 is 75.7 Å². The Kier molecular flexibility index (Phi) is 8.72. The van der Waals surface area contributed by atoms with Crippen molar-refractivity contribution in [2.24, 2.45) is 0 Å². The summed E-state index contributed by atoms with van der Waals surface area (Å²) in [7, 11) is -1.38. The van der Waals surface area contributed by atoms with Crippen molar-refractivity contribution < 1.29 is 51.7 Å². The number of rotatable bonds is 11. The molecule has 10 heteroatoms. The first-order chi connectivity index (χ1) is 13.5. The molecule has 0 aromatic carbocycles. The largest absolute Gasteiger partial charge is 0.462 e. The van der Waals surface area contributed by atoms with Crippen LogP contribution in [0.15, 0.2) is 0 Å². The van der Waals surface area contributed by atoms with Gasteiger partial charge in [0.2, 0.25) is 0 Å². The number of hydrogen-bond acceptors (Lipinski definition) is 10. The lowest BCUT2D eigenvalue weighted by Gasteiger charge is -2.34. The second kappa shape index (κ2) is 12.2. The molecule has 0 N–H and O–H groups in total. The van der Waals surface area contributed by atoms with Gasteiger partial charge in [-0.1, -0.05) is 0 Å². The summed E-state index contributed by atoms with van der Waals surface area (Å²) in [6.45, 7) is 1.98. The Morgan fingerprint density at radius 1 is 0.769 bits per heavy atom. The molecule has 1 unspecified atom stereocenters. The van der Waals surface area contributed by atoms with E-state index >= 15 is 0 Å². The Morgan fingerprint density at radius 2 is 1.23 bits per heavy atom. The van der Waals surface area contributed by atoms with Crippen LogP contribution in [-0.2, 0) is 47.6 Å². The first kappa shape index (κ1) is 18.6. The quantitative estimate of drug-likeness (QED) is 0.357. The van der Waals surface area contributed by atoms with Crippen molar-refractivity contribution in [2.75, 3.05) is 27.4 Å². The van der Waals surface area contributed by atoms with E-state index in [9.17, 15) is 19.2 Å². The molecule has 0 spiro atoms. The van der Waals surface area contributed by atoms with Crippen LogP contribution in [-0.4, -0.2) is 75.7 Å². The summed E-state index contributed by atoms with van der Waals surface area (Å²) >= 11 is 0. The van der Waals surface area contributed by atoms with Crippen LogP contribution in [0, 0.1) is 0 Å². The van der Waals surface area contributed by atoms with E-state index in [1.165, 1.54) is 0 Å². The molecule has 0 rings (SSSR count). The summed E-state index contributed by atoms with van der Waals surface area (Å²) in [5, 5.41) is 0. The summed E-state index contributed by atoms with van der Waals surface area (Å²) in [5.41, 5.74) is 0. The molecule has 0 saturated carbocycles. The first-order valence-corrected chi connectivity index (χ1v) is 7.42. The van der Waals surface area contributed by atoms with E-state index in [2.05, 4.69) is 0 Å². The van der Waals surface area contributed by atoms with Crippen molar-refractivity contribution in [3.05, 3.63) is 0 Å². The highest BCUT2D eigenvalue weighted by Gasteiger charge is 2.40. The Hall–Kier alpha value is -2.20. The fourth-order valence-corrected chi connectivity index (χ4v) is 1.93. The zero-order valence-corrected chi connectivity index (χ0v) is 15.1. The smallest absolute Gasteiger partial charge is 0.303 e. The van der Waals surface area contributed by atoms with Crippen LogP contribution in [0.4, 0.5) is 0 Å². The highest BCUT2D eigenvalue weighted by Crippen LogP contribution is 2.18. The lowest BCUT2D eigenvalue weighted by molar-refractivity contribution is -0.194. The van der Waals surface area contributed by atoms with Gasteiger partial charge >= 0.3 is 23.9 Å². The molecule has 0 aliphatic heterocycles. The molecule has 0 fully saturated rings. The highest BCUT2D eigenvalue weighted by atomic mass is 16.6. The van der Waals surface area contributed by atoms with Crippen molar-refractivity contribution in [1.82, 2.24) is 0 Å². The van der Waals surface area contributed by atoms with Gasteiger partial charge in [0.1, 0.15) is 25.4 Å². The third kappa shape index (κ3) is 9.33. The van der Waals surface area contributed by atoms with Gasteiger partial charge in [0, 0.05) is 41.9 Å². The third-order valence-corrected chi connectivity index (χ3v) is 2.84. The fourth-order valence-electron chi connectivity index (χ4n) is 1.93. The van der Waals surface area contributed by atoms with E-state index in [1.54, 1.807) is 0 Å². The number of carbonyl (C=O) groups excluding carboxylic acids is 4. The zero-order valence-electron chi connectivity index (χ0n) is 18.1. The Morgan fingerprint density at radius 3 is 1.65 bits per heavy atom. The average Bonchev–Trinajstić information content (AvgIpc) is 2.58. The van der Waals surface area contributed by atoms with Crippen LogP contribution in [0.3, 0.4) is 0 Å². The van der Waals surface area contributed by atoms with Gasteiger partial charge in [-0.15, -0.1) is 0 Å². The maximum atomic E-state index is 11.5. The van der Waals surface area contributed by atoms with Gasteiger partial charge in [-0.25, -0.2) is 0 Å². The van der Waals surface area contributed by atoms with Crippen molar-refractivity contribution in [3.8, 4) is 0 Å². The predicted octanol–water partition coefficient (Wildman–Crippen LogP) is 0.00600. The molecule has 0 amide bonds. The minimum Gasteiger partial charge on any atom is -0.462 e. The second-order valence-corrected chi connectivity index (χ2v) is 5.03. The van der Waals surface area contributed by atoms with Gasteiger partial charge < -0.3 is 28.4 Å². The number of hydrogen-bond donors (Lipinski definition) is 0. The summed E-state index contributed by atoms with van der Waals surface area (Å²) < 4.78 is 52.8. The number of esters is 4. The maximum Gasteiger partial charge on any atom is 0.303 e. The molecule has 0 aromatic heterocycles. The lowest BCUT2D eigenvalue weighted by atomic mass is 10.0. The second-order valence-electron chi connectivity index (χ2n) is 5.03.